The first-order valence-electron chi connectivity index (χ1n) is 7.55. The van der Waals surface area contributed by atoms with Gasteiger partial charge in [-0.05, 0) is 37.6 Å². The summed E-state index contributed by atoms with van der Waals surface area (Å²) in [6.45, 7) is 10.5. The van der Waals surface area contributed by atoms with Gasteiger partial charge in [0.25, 0.3) is 0 Å². The molecular weight excluding hydrogens is 268 g/mol. The van der Waals surface area contributed by atoms with Gasteiger partial charge in [0.05, 0.1) is 6.04 Å². The minimum absolute atomic E-state index is 0.0909. The maximum Gasteiger partial charge on any atom is 0.237 e. The molecule has 2 N–H and O–H groups in total. The van der Waals surface area contributed by atoms with E-state index in [1.807, 2.05) is 6.92 Å². The maximum absolute atomic E-state index is 12.2. The van der Waals surface area contributed by atoms with Crippen LogP contribution in [0.1, 0.15) is 58.4 Å². The van der Waals surface area contributed by atoms with Crippen molar-refractivity contribution in [1.82, 2.24) is 10.6 Å². The first-order chi connectivity index (χ1) is 9.45. The molecule has 0 saturated heterocycles. The highest BCUT2D eigenvalue weighted by atomic mass is 32.1. The van der Waals surface area contributed by atoms with Crippen molar-refractivity contribution < 1.29 is 4.79 Å². The van der Waals surface area contributed by atoms with Crippen molar-refractivity contribution in [1.29, 1.82) is 0 Å². The van der Waals surface area contributed by atoms with E-state index in [-0.39, 0.29) is 24.0 Å². The molecule has 0 aliphatic carbocycles. The molecule has 4 heteroatoms. The van der Waals surface area contributed by atoms with Crippen molar-refractivity contribution in [2.24, 2.45) is 5.92 Å². The lowest BCUT2D eigenvalue weighted by atomic mass is 10.0. The fourth-order valence-corrected chi connectivity index (χ4v) is 3.25. The molecule has 20 heavy (non-hydrogen) atoms. The quantitative estimate of drug-likeness (QED) is 0.767. The van der Waals surface area contributed by atoms with Crippen molar-refractivity contribution in [2.75, 3.05) is 0 Å². The van der Waals surface area contributed by atoms with Crippen LogP contribution in [-0.2, 0) is 4.79 Å². The fraction of sp³-hybridized carbons (Fsp3) is 0.688. The smallest absolute Gasteiger partial charge is 0.237 e. The monoisotopic (exact) mass is 296 g/mol. The molecule has 3 unspecified atom stereocenters. The van der Waals surface area contributed by atoms with E-state index in [0.29, 0.717) is 5.92 Å². The number of hydrogen-bond acceptors (Lipinski definition) is 3. The van der Waals surface area contributed by atoms with Crippen LogP contribution in [0.3, 0.4) is 0 Å². The Labute approximate surface area is 127 Å². The average molecular weight is 296 g/mol. The Morgan fingerprint density at radius 3 is 2.50 bits per heavy atom. The van der Waals surface area contributed by atoms with E-state index in [2.05, 4.69) is 55.8 Å². The Balaban J connectivity index is 2.58. The van der Waals surface area contributed by atoms with Gasteiger partial charge in [-0.3, -0.25) is 10.1 Å². The second-order valence-electron chi connectivity index (χ2n) is 5.82. The van der Waals surface area contributed by atoms with Gasteiger partial charge in [0.2, 0.25) is 5.91 Å². The third-order valence-corrected chi connectivity index (χ3v) is 4.40. The zero-order valence-corrected chi connectivity index (χ0v) is 14.1. The lowest BCUT2D eigenvalue weighted by molar-refractivity contribution is -0.123. The summed E-state index contributed by atoms with van der Waals surface area (Å²) in [5.41, 5.74) is 0. The van der Waals surface area contributed by atoms with Crippen molar-refractivity contribution in [3.8, 4) is 0 Å². The minimum atomic E-state index is -0.177. The summed E-state index contributed by atoms with van der Waals surface area (Å²) in [6, 6.07) is 4.50. The van der Waals surface area contributed by atoms with Crippen LogP contribution in [0.2, 0.25) is 0 Å². The third kappa shape index (κ3) is 5.25. The maximum atomic E-state index is 12.2. The predicted molar refractivity (Wildman–Crippen MR) is 87.0 cm³/mol. The lowest BCUT2D eigenvalue weighted by Crippen LogP contribution is -2.47. The molecule has 0 bridgehead atoms. The molecule has 3 nitrogen and oxygen atoms in total. The number of amides is 1. The lowest BCUT2D eigenvalue weighted by Gasteiger charge is -2.26. The van der Waals surface area contributed by atoms with Crippen LogP contribution < -0.4 is 10.6 Å². The van der Waals surface area contributed by atoms with Gasteiger partial charge in [-0.15, -0.1) is 11.3 Å². The highest BCUT2D eigenvalue weighted by Gasteiger charge is 2.22. The number of thiophene rings is 1. The molecule has 0 aromatic carbocycles. The van der Waals surface area contributed by atoms with Crippen molar-refractivity contribution in [2.45, 2.75) is 65.6 Å². The SMILES string of the molecule is CCCC(C)NC(=O)C(C)NC(c1cccs1)C(C)C. The summed E-state index contributed by atoms with van der Waals surface area (Å²) in [5, 5.41) is 8.62. The van der Waals surface area contributed by atoms with E-state index in [9.17, 15) is 4.79 Å². The Bertz CT molecular complexity index is 389. The molecule has 3 atom stereocenters. The van der Waals surface area contributed by atoms with E-state index in [1.54, 1.807) is 11.3 Å². The molecule has 1 amide bonds. The van der Waals surface area contributed by atoms with E-state index < -0.39 is 0 Å². The van der Waals surface area contributed by atoms with Gasteiger partial charge in [-0.2, -0.15) is 0 Å². The Morgan fingerprint density at radius 2 is 2.00 bits per heavy atom. The van der Waals surface area contributed by atoms with E-state index in [1.165, 1.54) is 4.88 Å². The van der Waals surface area contributed by atoms with Crippen LogP contribution in [0.25, 0.3) is 0 Å². The molecule has 1 aromatic rings. The topological polar surface area (TPSA) is 41.1 Å². The summed E-state index contributed by atoms with van der Waals surface area (Å²) < 4.78 is 0. The molecular formula is C16H28N2OS. The summed E-state index contributed by atoms with van der Waals surface area (Å²) in [7, 11) is 0. The van der Waals surface area contributed by atoms with Gasteiger partial charge < -0.3 is 5.32 Å². The zero-order chi connectivity index (χ0) is 15.1. The normalized spacial score (nSPS) is 15.9. The number of rotatable bonds is 8. The second kappa shape index (κ2) is 8.42. The van der Waals surface area contributed by atoms with Gasteiger partial charge in [0.1, 0.15) is 0 Å². The predicted octanol–water partition coefficient (Wildman–Crippen LogP) is 3.73. The molecule has 0 fully saturated rings. The summed E-state index contributed by atoms with van der Waals surface area (Å²) in [6.07, 6.45) is 2.12. The fourth-order valence-electron chi connectivity index (χ4n) is 2.29. The van der Waals surface area contributed by atoms with Crippen LogP contribution in [0.5, 0.6) is 0 Å². The van der Waals surface area contributed by atoms with Crippen LogP contribution in [0.15, 0.2) is 17.5 Å². The van der Waals surface area contributed by atoms with Gasteiger partial charge >= 0.3 is 0 Å². The highest BCUT2D eigenvalue weighted by Crippen LogP contribution is 2.26. The number of carbonyl (C=O) groups excluding carboxylic acids is 1. The first kappa shape index (κ1) is 17.2. The molecule has 1 rings (SSSR count). The summed E-state index contributed by atoms with van der Waals surface area (Å²) in [4.78, 5) is 13.5. The standard InChI is InChI=1S/C16H28N2OS/c1-6-8-12(4)17-16(19)13(5)18-15(11(2)3)14-9-7-10-20-14/h7,9-13,15,18H,6,8H2,1-5H3,(H,17,19). The average Bonchev–Trinajstić information content (AvgIpc) is 2.88. The Kier molecular flexibility index (Phi) is 7.24. The molecule has 0 spiro atoms. The van der Waals surface area contributed by atoms with Gasteiger partial charge in [0.15, 0.2) is 0 Å². The second-order valence-corrected chi connectivity index (χ2v) is 6.80. The third-order valence-electron chi connectivity index (χ3n) is 3.45. The highest BCUT2D eigenvalue weighted by molar-refractivity contribution is 7.10. The van der Waals surface area contributed by atoms with Gasteiger partial charge in [-0.1, -0.05) is 33.3 Å². The molecule has 0 radical (unpaired) electrons. The number of carbonyl (C=O) groups is 1. The molecule has 0 saturated carbocycles. The largest absolute Gasteiger partial charge is 0.352 e. The minimum Gasteiger partial charge on any atom is -0.352 e. The molecule has 0 aliphatic rings. The Hall–Kier alpha value is -0.870. The molecule has 1 heterocycles. The van der Waals surface area contributed by atoms with Crippen molar-refractivity contribution >= 4 is 17.2 Å². The molecule has 0 aliphatic heterocycles. The Morgan fingerprint density at radius 1 is 1.30 bits per heavy atom. The summed E-state index contributed by atoms with van der Waals surface area (Å²) >= 11 is 1.74. The van der Waals surface area contributed by atoms with Gasteiger partial charge in [0, 0.05) is 17.0 Å². The van der Waals surface area contributed by atoms with Crippen LogP contribution in [-0.4, -0.2) is 18.0 Å². The van der Waals surface area contributed by atoms with Gasteiger partial charge in [-0.25, -0.2) is 0 Å². The van der Waals surface area contributed by atoms with Crippen LogP contribution >= 0.6 is 11.3 Å². The van der Waals surface area contributed by atoms with E-state index in [0.717, 1.165) is 12.8 Å². The van der Waals surface area contributed by atoms with Crippen molar-refractivity contribution in [3.63, 3.8) is 0 Å². The van der Waals surface area contributed by atoms with Crippen molar-refractivity contribution in [3.05, 3.63) is 22.4 Å². The molecule has 114 valence electrons. The number of hydrogen-bond donors (Lipinski definition) is 2. The van der Waals surface area contributed by atoms with Crippen LogP contribution in [0.4, 0.5) is 0 Å². The molecule has 1 aromatic heterocycles. The van der Waals surface area contributed by atoms with Crippen LogP contribution in [0, 0.1) is 5.92 Å². The summed E-state index contributed by atoms with van der Waals surface area (Å²) in [5.74, 6) is 0.546. The first-order valence-corrected chi connectivity index (χ1v) is 8.43. The van der Waals surface area contributed by atoms with E-state index in [4.69, 9.17) is 0 Å². The zero-order valence-electron chi connectivity index (χ0n) is 13.3. The number of nitrogens with one attached hydrogen (secondary N) is 2. The van der Waals surface area contributed by atoms with E-state index >= 15 is 0 Å².